The minimum absolute atomic E-state index is 0.0381. The Hall–Kier alpha value is -1.05. The Bertz CT molecular complexity index is 168. The van der Waals surface area contributed by atoms with Gasteiger partial charge in [0.15, 0.2) is 0 Å². The average Bonchev–Trinajstić information content (AvgIpc) is 1.85. The maximum atomic E-state index is 10.4. The first kappa shape index (κ1) is 8.95. The Morgan fingerprint density at radius 1 is 1.40 bits per heavy atom. The molecule has 0 fully saturated rings. The van der Waals surface area contributed by atoms with Gasteiger partial charge in [0.25, 0.3) is 0 Å². The average molecular weight is 139 g/mol. The van der Waals surface area contributed by atoms with E-state index in [0.717, 1.165) is 5.57 Å². The zero-order valence-electron chi connectivity index (χ0n) is 6.64. The van der Waals surface area contributed by atoms with Gasteiger partial charge in [0.05, 0.1) is 0 Å². The minimum atomic E-state index is -0.0381. The molecule has 0 heterocycles. The third-order valence-corrected chi connectivity index (χ3v) is 0.933. The molecule has 0 aromatic heterocycles. The van der Waals surface area contributed by atoms with Gasteiger partial charge in [-0.15, -0.1) is 0 Å². The predicted octanol–water partition coefficient (Wildman–Crippen LogP) is 1.60. The van der Waals surface area contributed by atoms with Crippen molar-refractivity contribution in [2.24, 2.45) is 0 Å². The van der Waals surface area contributed by atoms with Crippen LogP contribution in [-0.2, 0) is 4.79 Å². The Morgan fingerprint density at radius 3 is 2.40 bits per heavy atom. The Kier molecular flexibility index (Phi) is 4.29. The highest BCUT2D eigenvalue weighted by Gasteiger charge is 1.83. The monoisotopic (exact) mass is 139 g/mol. The van der Waals surface area contributed by atoms with E-state index >= 15 is 0 Å². The van der Waals surface area contributed by atoms with Gasteiger partial charge in [0.2, 0.25) is 5.91 Å². The van der Waals surface area contributed by atoms with Crippen LogP contribution in [0, 0.1) is 0 Å². The summed E-state index contributed by atoms with van der Waals surface area (Å²) in [5.41, 5.74) is 1.04. The molecule has 0 rings (SSSR count). The molecule has 0 aliphatic heterocycles. The lowest BCUT2D eigenvalue weighted by Gasteiger charge is -1.92. The molecule has 0 aliphatic carbocycles. The van der Waals surface area contributed by atoms with Gasteiger partial charge < -0.3 is 5.32 Å². The van der Waals surface area contributed by atoms with Gasteiger partial charge in [0.1, 0.15) is 0 Å². The van der Waals surface area contributed by atoms with Crippen molar-refractivity contribution in [3.63, 3.8) is 0 Å². The number of nitrogens with one attached hydrogen (secondary N) is 1. The minimum Gasteiger partial charge on any atom is -0.333 e. The van der Waals surface area contributed by atoms with Crippen LogP contribution in [-0.4, -0.2) is 5.91 Å². The topological polar surface area (TPSA) is 29.1 Å². The van der Waals surface area contributed by atoms with Crippen LogP contribution in [0.4, 0.5) is 0 Å². The smallest absolute Gasteiger partial charge is 0.220 e. The van der Waals surface area contributed by atoms with Crippen molar-refractivity contribution in [3.05, 3.63) is 23.9 Å². The normalized spacial score (nSPS) is 12.1. The molecule has 0 aliphatic rings. The number of amides is 1. The quantitative estimate of drug-likeness (QED) is 0.578. The molecule has 0 saturated carbocycles. The summed E-state index contributed by atoms with van der Waals surface area (Å²) in [6.45, 7) is 5.35. The van der Waals surface area contributed by atoms with Gasteiger partial charge >= 0.3 is 0 Å². The summed E-state index contributed by atoms with van der Waals surface area (Å²) >= 11 is 0. The lowest BCUT2D eigenvalue weighted by Crippen LogP contribution is -2.11. The summed E-state index contributed by atoms with van der Waals surface area (Å²) in [4.78, 5) is 10.4. The molecular weight excluding hydrogens is 126 g/mol. The molecule has 0 saturated heterocycles. The Labute approximate surface area is 61.6 Å². The molecule has 0 aromatic carbocycles. The molecule has 0 spiro atoms. The van der Waals surface area contributed by atoms with Gasteiger partial charge in [-0.25, -0.2) is 0 Å². The number of hydrogen-bond donors (Lipinski definition) is 1. The van der Waals surface area contributed by atoms with Crippen LogP contribution in [0.3, 0.4) is 0 Å². The third-order valence-electron chi connectivity index (χ3n) is 0.933. The van der Waals surface area contributed by atoms with Crippen molar-refractivity contribution >= 4 is 5.91 Å². The standard InChI is InChI=1S/C8H13NO/c1-4-5-7(2)6-9-8(3)10/h4-6H,1-3H3,(H,9,10)/b5-4-,7-6-. The summed E-state index contributed by atoms with van der Waals surface area (Å²) in [6.07, 6.45) is 5.53. The highest BCUT2D eigenvalue weighted by atomic mass is 16.1. The first-order valence-corrected chi connectivity index (χ1v) is 3.23. The molecule has 1 amide bonds. The van der Waals surface area contributed by atoms with Crippen molar-refractivity contribution in [2.45, 2.75) is 20.8 Å². The molecule has 0 unspecified atom stereocenters. The van der Waals surface area contributed by atoms with Crippen LogP contribution in [0.5, 0.6) is 0 Å². The van der Waals surface area contributed by atoms with E-state index in [1.54, 1.807) is 6.20 Å². The van der Waals surface area contributed by atoms with Crippen molar-refractivity contribution < 1.29 is 4.79 Å². The molecule has 0 radical (unpaired) electrons. The lowest BCUT2D eigenvalue weighted by atomic mass is 10.3. The fourth-order valence-corrected chi connectivity index (χ4v) is 0.526. The number of rotatable bonds is 2. The van der Waals surface area contributed by atoms with E-state index in [4.69, 9.17) is 0 Å². The number of allylic oxidation sites excluding steroid dienone is 3. The summed E-state index contributed by atoms with van der Waals surface area (Å²) < 4.78 is 0. The van der Waals surface area contributed by atoms with Crippen LogP contribution in [0.2, 0.25) is 0 Å². The Balaban J connectivity index is 3.80. The van der Waals surface area contributed by atoms with Crippen molar-refractivity contribution in [1.29, 1.82) is 0 Å². The van der Waals surface area contributed by atoms with Crippen molar-refractivity contribution in [1.82, 2.24) is 5.32 Å². The summed E-state index contributed by atoms with van der Waals surface area (Å²) in [6, 6.07) is 0. The molecule has 0 atom stereocenters. The second-order valence-corrected chi connectivity index (χ2v) is 2.09. The van der Waals surface area contributed by atoms with Gasteiger partial charge in [-0.05, 0) is 19.4 Å². The fraction of sp³-hybridized carbons (Fsp3) is 0.375. The van der Waals surface area contributed by atoms with E-state index < -0.39 is 0 Å². The number of carbonyl (C=O) groups excluding carboxylic acids is 1. The lowest BCUT2D eigenvalue weighted by molar-refractivity contribution is -0.118. The molecule has 0 bridgehead atoms. The first-order valence-electron chi connectivity index (χ1n) is 3.23. The number of hydrogen-bond acceptors (Lipinski definition) is 1. The van der Waals surface area contributed by atoms with Crippen molar-refractivity contribution in [2.75, 3.05) is 0 Å². The van der Waals surface area contributed by atoms with Gasteiger partial charge in [0, 0.05) is 13.1 Å². The van der Waals surface area contributed by atoms with Gasteiger partial charge in [-0.1, -0.05) is 12.2 Å². The second kappa shape index (κ2) is 4.79. The molecule has 2 heteroatoms. The zero-order chi connectivity index (χ0) is 7.98. The van der Waals surface area contributed by atoms with Gasteiger partial charge in [-0.3, -0.25) is 4.79 Å². The largest absolute Gasteiger partial charge is 0.333 e. The molecule has 1 N–H and O–H groups in total. The third kappa shape index (κ3) is 5.09. The predicted molar refractivity (Wildman–Crippen MR) is 42.4 cm³/mol. The summed E-state index contributed by atoms with van der Waals surface area (Å²) in [5, 5.41) is 2.58. The fourth-order valence-electron chi connectivity index (χ4n) is 0.526. The van der Waals surface area contributed by atoms with E-state index in [0.29, 0.717) is 0 Å². The van der Waals surface area contributed by atoms with Crippen LogP contribution in [0.15, 0.2) is 23.9 Å². The van der Waals surface area contributed by atoms with E-state index in [2.05, 4.69) is 5.32 Å². The van der Waals surface area contributed by atoms with Crippen LogP contribution < -0.4 is 5.32 Å². The molecule has 2 nitrogen and oxygen atoms in total. The number of carbonyl (C=O) groups is 1. The van der Waals surface area contributed by atoms with E-state index in [1.807, 2.05) is 26.0 Å². The van der Waals surface area contributed by atoms with Gasteiger partial charge in [-0.2, -0.15) is 0 Å². The SMILES string of the molecule is C/C=C\C(C)=C/NC(C)=O. The van der Waals surface area contributed by atoms with Crippen LogP contribution in [0.1, 0.15) is 20.8 Å². The molecule has 56 valence electrons. The summed E-state index contributed by atoms with van der Waals surface area (Å²) in [5.74, 6) is -0.0381. The van der Waals surface area contributed by atoms with Crippen LogP contribution >= 0.6 is 0 Å². The van der Waals surface area contributed by atoms with E-state index in [1.165, 1.54) is 6.92 Å². The van der Waals surface area contributed by atoms with E-state index in [9.17, 15) is 4.79 Å². The maximum absolute atomic E-state index is 10.4. The first-order chi connectivity index (χ1) is 4.66. The Morgan fingerprint density at radius 2 is 2.00 bits per heavy atom. The highest BCUT2D eigenvalue weighted by molar-refractivity contribution is 5.74. The van der Waals surface area contributed by atoms with Crippen LogP contribution in [0.25, 0.3) is 0 Å². The van der Waals surface area contributed by atoms with Crippen molar-refractivity contribution in [3.8, 4) is 0 Å². The van der Waals surface area contributed by atoms with E-state index in [-0.39, 0.29) is 5.91 Å². The molecule has 0 aromatic rings. The zero-order valence-corrected chi connectivity index (χ0v) is 6.64. The maximum Gasteiger partial charge on any atom is 0.220 e. The second-order valence-electron chi connectivity index (χ2n) is 2.09. The molecular formula is C8H13NO. The molecule has 10 heavy (non-hydrogen) atoms. The summed E-state index contributed by atoms with van der Waals surface area (Å²) in [7, 11) is 0. The highest BCUT2D eigenvalue weighted by Crippen LogP contribution is 1.90.